The zero-order chi connectivity index (χ0) is 18.7. The van der Waals surface area contributed by atoms with Crippen LogP contribution < -0.4 is 14.2 Å². The summed E-state index contributed by atoms with van der Waals surface area (Å²) >= 11 is 0. The van der Waals surface area contributed by atoms with Gasteiger partial charge in [-0.1, -0.05) is 12.1 Å². The lowest BCUT2D eigenvalue weighted by Crippen LogP contribution is -2.40. The number of carbonyl (C=O) groups is 1. The standard InChI is InChI=1S/C21H25NO4/c1-14(23)22-10-9-16-12-18(25-3)13-20(26-4)21(16)19(22)11-15-5-7-17(24-2)8-6-15/h5-8,12-13,19H,9-11H2,1-4H3. The van der Waals surface area contributed by atoms with Crippen molar-refractivity contribution in [3.05, 3.63) is 53.1 Å². The van der Waals surface area contributed by atoms with Crippen LogP contribution in [0.5, 0.6) is 17.2 Å². The van der Waals surface area contributed by atoms with E-state index in [1.165, 1.54) is 5.56 Å². The fourth-order valence-corrected chi connectivity index (χ4v) is 3.65. The van der Waals surface area contributed by atoms with Crippen LogP contribution in [0.4, 0.5) is 0 Å². The highest BCUT2D eigenvalue weighted by Crippen LogP contribution is 2.41. The summed E-state index contributed by atoms with van der Waals surface area (Å²) in [5, 5.41) is 0. The fraction of sp³-hybridized carbons (Fsp3) is 0.381. The van der Waals surface area contributed by atoms with Crippen molar-refractivity contribution >= 4 is 5.91 Å². The Morgan fingerprint density at radius 3 is 2.31 bits per heavy atom. The van der Waals surface area contributed by atoms with Gasteiger partial charge >= 0.3 is 0 Å². The summed E-state index contributed by atoms with van der Waals surface area (Å²) in [4.78, 5) is 14.2. The van der Waals surface area contributed by atoms with E-state index in [0.717, 1.165) is 41.2 Å². The quantitative estimate of drug-likeness (QED) is 0.825. The van der Waals surface area contributed by atoms with E-state index in [0.29, 0.717) is 6.54 Å². The maximum absolute atomic E-state index is 12.3. The Hall–Kier alpha value is -2.69. The Kier molecular flexibility index (Phi) is 5.35. The molecule has 0 radical (unpaired) electrons. The van der Waals surface area contributed by atoms with Gasteiger partial charge in [-0.05, 0) is 42.2 Å². The van der Waals surface area contributed by atoms with Crippen molar-refractivity contribution < 1.29 is 19.0 Å². The molecule has 1 amide bonds. The number of benzene rings is 2. The summed E-state index contributed by atoms with van der Waals surface area (Å²) in [6.07, 6.45) is 1.51. The lowest BCUT2D eigenvalue weighted by molar-refractivity contribution is -0.131. The third-order valence-corrected chi connectivity index (χ3v) is 4.98. The zero-order valence-electron chi connectivity index (χ0n) is 15.7. The van der Waals surface area contributed by atoms with Crippen LogP contribution in [0.25, 0.3) is 0 Å². The monoisotopic (exact) mass is 355 g/mol. The van der Waals surface area contributed by atoms with Crippen molar-refractivity contribution in [3.63, 3.8) is 0 Å². The minimum Gasteiger partial charge on any atom is -0.497 e. The minimum absolute atomic E-state index is 0.0644. The lowest BCUT2D eigenvalue weighted by atomic mass is 9.87. The second-order valence-corrected chi connectivity index (χ2v) is 6.43. The smallest absolute Gasteiger partial charge is 0.219 e. The molecule has 5 heteroatoms. The normalized spacial score (nSPS) is 16.0. The summed E-state index contributed by atoms with van der Waals surface area (Å²) in [7, 11) is 4.97. The molecule has 0 aliphatic carbocycles. The second-order valence-electron chi connectivity index (χ2n) is 6.43. The average Bonchev–Trinajstić information content (AvgIpc) is 2.67. The summed E-state index contributed by atoms with van der Waals surface area (Å²) in [5.41, 5.74) is 3.40. The first kappa shape index (κ1) is 18.1. The lowest BCUT2D eigenvalue weighted by Gasteiger charge is -2.38. The van der Waals surface area contributed by atoms with Gasteiger partial charge in [0.2, 0.25) is 5.91 Å². The highest BCUT2D eigenvalue weighted by atomic mass is 16.5. The third-order valence-electron chi connectivity index (χ3n) is 4.98. The van der Waals surface area contributed by atoms with Gasteiger partial charge in [-0.2, -0.15) is 0 Å². The number of rotatable bonds is 5. The molecule has 1 unspecified atom stereocenters. The molecule has 0 aromatic heterocycles. The van der Waals surface area contributed by atoms with Gasteiger partial charge in [0, 0.05) is 25.1 Å². The molecule has 3 rings (SSSR count). The van der Waals surface area contributed by atoms with Crippen LogP contribution >= 0.6 is 0 Å². The summed E-state index contributed by atoms with van der Waals surface area (Å²) in [6.45, 7) is 2.32. The predicted molar refractivity (Wildman–Crippen MR) is 100 cm³/mol. The molecule has 0 bridgehead atoms. The predicted octanol–water partition coefficient (Wildman–Crippen LogP) is 3.40. The van der Waals surface area contributed by atoms with Gasteiger partial charge in [0.15, 0.2) is 0 Å². The van der Waals surface area contributed by atoms with E-state index < -0.39 is 0 Å². The van der Waals surface area contributed by atoms with E-state index in [9.17, 15) is 4.79 Å². The molecule has 26 heavy (non-hydrogen) atoms. The summed E-state index contributed by atoms with van der Waals surface area (Å²) < 4.78 is 16.3. The largest absolute Gasteiger partial charge is 0.497 e. The fourth-order valence-electron chi connectivity index (χ4n) is 3.65. The SMILES string of the molecule is COc1ccc(CC2c3c(cc(OC)cc3OC)CCN2C(C)=O)cc1. The van der Waals surface area contributed by atoms with Crippen molar-refractivity contribution in [3.8, 4) is 17.2 Å². The first-order chi connectivity index (χ1) is 12.6. The number of fused-ring (bicyclic) bond motifs is 1. The van der Waals surface area contributed by atoms with Crippen LogP contribution in [0.15, 0.2) is 36.4 Å². The van der Waals surface area contributed by atoms with Crippen LogP contribution in [-0.2, 0) is 17.6 Å². The number of carbonyl (C=O) groups excluding carboxylic acids is 1. The van der Waals surface area contributed by atoms with Gasteiger partial charge in [0.05, 0.1) is 27.4 Å². The third kappa shape index (κ3) is 3.47. The molecule has 0 saturated heterocycles. The zero-order valence-corrected chi connectivity index (χ0v) is 15.7. The van der Waals surface area contributed by atoms with Crippen molar-refractivity contribution in [1.82, 2.24) is 4.90 Å². The van der Waals surface area contributed by atoms with Crippen molar-refractivity contribution in [2.24, 2.45) is 0 Å². The van der Waals surface area contributed by atoms with E-state index >= 15 is 0 Å². The van der Waals surface area contributed by atoms with E-state index in [4.69, 9.17) is 14.2 Å². The molecular formula is C21H25NO4. The van der Waals surface area contributed by atoms with Crippen LogP contribution in [0, 0.1) is 0 Å². The van der Waals surface area contributed by atoms with E-state index in [2.05, 4.69) is 6.07 Å². The molecule has 0 fully saturated rings. The number of hydrogen-bond acceptors (Lipinski definition) is 4. The number of amides is 1. The molecule has 1 atom stereocenters. The van der Waals surface area contributed by atoms with E-state index in [-0.39, 0.29) is 11.9 Å². The van der Waals surface area contributed by atoms with Crippen LogP contribution in [-0.4, -0.2) is 38.7 Å². The van der Waals surface area contributed by atoms with Gasteiger partial charge < -0.3 is 19.1 Å². The number of ether oxygens (including phenoxy) is 3. The molecule has 0 N–H and O–H groups in total. The molecule has 1 heterocycles. The Morgan fingerprint density at radius 1 is 1.04 bits per heavy atom. The maximum atomic E-state index is 12.3. The highest BCUT2D eigenvalue weighted by Gasteiger charge is 2.32. The van der Waals surface area contributed by atoms with Gasteiger partial charge in [-0.3, -0.25) is 4.79 Å². The molecule has 2 aromatic rings. The topological polar surface area (TPSA) is 48.0 Å². The average molecular weight is 355 g/mol. The second kappa shape index (κ2) is 7.68. The maximum Gasteiger partial charge on any atom is 0.219 e. The molecule has 0 saturated carbocycles. The number of nitrogens with zero attached hydrogens (tertiary/aromatic N) is 1. The number of methoxy groups -OCH3 is 3. The molecular weight excluding hydrogens is 330 g/mol. The number of hydrogen-bond donors (Lipinski definition) is 0. The minimum atomic E-state index is -0.0644. The Balaban J connectivity index is 2.03. The Labute approximate surface area is 154 Å². The van der Waals surface area contributed by atoms with Gasteiger partial charge in [-0.25, -0.2) is 0 Å². The van der Waals surface area contributed by atoms with Crippen molar-refractivity contribution in [2.75, 3.05) is 27.9 Å². The van der Waals surface area contributed by atoms with Crippen LogP contribution in [0.1, 0.15) is 29.7 Å². The Bertz CT molecular complexity index is 768. The molecule has 1 aliphatic heterocycles. The Morgan fingerprint density at radius 2 is 1.73 bits per heavy atom. The van der Waals surface area contributed by atoms with Gasteiger partial charge in [0.25, 0.3) is 0 Å². The van der Waals surface area contributed by atoms with Crippen molar-refractivity contribution in [1.29, 1.82) is 0 Å². The van der Waals surface area contributed by atoms with Gasteiger partial charge in [0.1, 0.15) is 17.2 Å². The molecule has 1 aliphatic rings. The first-order valence-electron chi connectivity index (χ1n) is 8.72. The van der Waals surface area contributed by atoms with E-state index in [1.807, 2.05) is 35.2 Å². The van der Waals surface area contributed by atoms with Gasteiger partial charge in [-0.15, -0.1) is 0 Å². The van der Waals surface area contributed by atoms with Crippen LogP contribution in [0.3, 0.4) is 0 Å². The summed E-state index contributed by atoms with van der Waals surface area (Å²) in [6, 6.07) is 11.9. The molecule has 2 aromatic carbocycles. The molecule has 5 nitrogen and oxygen atoms in total. The van der Waals surface area contributed by atoms with Crippen molar-refractivity contribution in [2.45, 2.75) is 25.8 Å². The summed E-state index contributed by atoms with van der Waals surface area (Å²) in [5.74, 6) is 2.44. The first-order valence-corrected chi connectivity index (χ1v) is 8.72. The molecule has 138 valence electrons. The molecule has 0 spiro atoms. The van der Waals surface area contributed by atoms with E-state index in [1.54, 1.807) is 28.3 Å². The highest BCUT2D eigenvalue weighted by molar-refractivity contribution is 5.75. The van der Waals surface area contributed by atoms with Crippen LogP contribution in [0.2, 0.25) is 0 Å².